The molecular weight excluding hydrogens is 456 g/mol. The van der Waals surface area contributed by atoms with Crippen LogP contribution in [0.2, 0.25) is 0 Å². The van der Waals surface area contributed by atoms with E-state index < -0.39 is 30.1 Å². The quantitative estimate of drug-likeness (QED) is 0.568. The second kappa shape index (κ2) is 8.48. The van der Waals surface area contributed by atoms with E-state index >= 15 is 0 Å². The summed E-state index contributed by atoms with van der Waals surface area (Å²) in [5.41, 5.74) is 3.55. The Hall–Kier alpha value is -4.20. The summed E-state index contributed by atoms with van der Waals surface area (Å²) in [7, 11) is 0. The predicted molar refractivity (Wildman–Crippen MR) is 132 cm³/mol. The smallest absolute Gasteiger partial charge is 0.325 e. The lowest BCUT2D eigenvalue weighted by atomic mass is 9.76. The van der Waals surface area contributed by atoms with Crippen molar-refractivity contribution in [3.63, 3.8) is 0 Å². The van der Waals surface area contributed by atoms with Gasteiger partial charge in [-0.2, -0.15) is 5.10 Å². The number of rotatable bonds is 4. The highest BCUT2D eigenvalue weighted by Gasteiger charge is 2.54. The normalized spacial score (nSPS) is 23.1. The van der Waals surface area contributed by atoms with Gasteiger partial charge in [0.15, 0.2) is 0 Å². The molecule has 1 fully saturated rings. The summed E-state index contributed by atoms with van der Waals surface area (Å²) in [5, 5.41) is 8.90. The van der Waals surface area contributed by atoms with E-state index in [1.807, 2.05) is 55.5 Å². The number of nitrogens with zero attached hydrogens (tertiary/aromatic N) is 3. The molecule has 1 spiro atoms. The van der Waals surface area contributed by atoms with E-state index in [2.05, 4.69) is 10.4 Å². The fraction of sp³-hybridized carbons (Fsp3) is 0.286. The first-order valence-electron chi connectivity index (χ1n) is 12.2. The Balaban J connectivity index is 1.29. The van der Waals surface area contributed by atoms with Crippen molar-refractivity contribution >= 4 is 23.6 Å². The van der Waals surface area contributed by atoms with Gasteiger partial charge in [0.1, 0.15) is 23.9 Å². The minimum atomic E-state index is -1.12. The van der Waals surface area contributed by atoms with Crippen LogP contribution in [0.4, 0.5) is 4.79 Å². The molecular formula is C28H26N4O4. The fourth-order valence-corrected chi connectivity index (χ4v) is 5.53. The van der Waals surface area contributed by atoms with Crippen molar-refractivity contribution in [1.29, 1.82) is 0 Å². The van der Waals surface area contributed by atoms with Gasteiger partial charge in [0, 0.05) is 6.42 Å². The Labute approximate surface area is 208 Å². The van der Waals surface area contributed by atoms with E-state index in [-0.39, 0.29) is 5.91 Å². The number of imide groups is 1. The maximum absolute atomic E-state index is 13.7. The fourth-order valence-electron chi connectivity index (χ4n) is 5.53. The van der Waals surface area contributed by atoms with E-state index in [1.165, 1.54) is 5.01 Å². The first-order valence-corrected chi connectivity index (χ1v) is 12.2. The summed E-state index contributed by atoms with van der Waals surface area (Å²) >= 11 is 0. The molecule has 3 heterocycles. The first-order chi connectivity index (χ1) is 17.5. The highest BCUT2D eigenvalue weighted by atomic mass is 16.3. The first kappa shape index (κ1) is 22.3. The second-order valence-corrected chi connectivity index (χ2v) is 9.62. The van der Waals surface area contributed by atoms with Gasteiger partial charge in [-0.3, -0.25) is 14.5 Å². The Morgan fingerprint density at radius 1 is 1.11 bits per heavy atom. The number of hydrogen-bond acceptors (Lipinski definition) is 5. The highest BCUT2D eigenvalue weighted by Crippen LogP contribution is 2.40. The number of furan rings is 1. The molecule has 3 aliphatic rings. The number of urea groups is 1. The molecule has 6 rings (SSSR count). The van der Waals surface area contributed by atoms with Gasteiger partial charge < -0.3 is 9.73 Å². The maximum Gasteiger partial charge on any atom is 0.325 e. The zero-order chi connectivity index (χ0) is 24.9. The number of aryl methyl sites for hydroxylation is 2. The van der Waals surface area contributed by atoms with Gasteiger partial charge >= 0.3 is 6.03 Å². The van der Waals surface area contributed by atoms with E-state index in [0.29, 0.717) is 18.6 Å². The van der Waals surface area contributed by atoms with Gasteiger partial charge in [-0.1, -0.05) is 54.1 Å². The summed E-state index contributed by atoms with van der Waals surface area (Å²) in [4.78, 5) is 41.2. The number of carbonyl (C=O) groups is 3. The Morgan fingerprint density at radius 2 is 1.92 bits per heavy atom. The minimum Gasteiger partial charge on any atom is -0.467 e. The monoisotopic (exact) mass is 482 g/mol. The number of benzene rings is 2. The molecule has 2 aliphatic heterocycles. The number of hydrogen-bond donors (Lipinski definition) is 1. The average Bonchev–Trinajstić information content (AvgIpc) is 3.61. The van der Waals surface area contributed by atoms with Gasteiger partial charge in [0.05, 0.1) is 12.0 Å². The third-order valence-electron chi connectivity index (χ3n) is 7.37. The van der Waals surface area contributed by atoms with E-state index in [0.717, 1.165) is 45.7 Å². The maximum atomic E-state index is 13.7. The largest absolute Gasteiger partial charge is 0.467 e. The van der Waals surface area contributed by atoms with Crippen LogP contribution in [0.5, 0.6) is 0 Å². The Bertz CT molecular complexity index is 1380. The molecule has 0 unspecified atom stereocenters. The molecule has 8 heteroatoms. The van der Waals surface area contributed by atoms with Crippen LogP contribution < -0.4 is 5.32 Å². The van der Waals surface area contributed by atoms with Gasteiger partial charge in [0.2, 0.25) is 0 Å². The lowest BCUT2D eigenvalue weighted by Gasteiger charge is -2.33. The van der Waals surface area contributed by atoms with E-state index in [4.69, 9.17) is 4.42 Å². The SMILES string of the molecule is Cc1ccc(C2=NN(C(=O)CN3C(=O)N[C@]4(CCCc5ccccc54)C3=O)[C@H](c3ccco3)C2)cc1. The van der Waals surface area contributed by atoms with Gasteiger partial charge in [-0.25, -0.2) is 9.80 Å². The van der Waals surface area contributed by atoms with E-state index in [9.17, 15) is 14.4 Å². The van der Waals surface area contributed by atoms with Crippen LogP contribution in [-0.2, 0) is 21.5 Å². The third kappa shape index (κ3) is 3.52. The van der Waals surface area contributed by atoms with Crippen molar-refractivity contribution in [3.05, 3.63) is 94.9 Å². The second-order valence-electron chi connectivity index (χ2n) is 9.62. The number of nitrogens with one attached hydrogen (secondary N) is 1. The molecule has 3 aromatic rings. The van der Waals surface area contributed by atoms with Gasteiger partial charge in [-0.05, 0) is 55.0 Å². The molecule has 0 bridgehead atoms. The molecule has 4 amide bonds. The van der Waals surface area contributed by atoms with Crippen molar-refractivity contribution in [1.82, 2.24) is 15.2 Å². The van der Waals surface area contributed by atoms with Crippen molar-refractivity contribution in [2.45, 2.75) is 44.2 Å². The lowest BCUT2D eigenvalue weighted by molar-refractivity contribution is -0.140. The summed E-state index contributed by atoms with van der Waals surface area (Å²) < 4.78 is 5.62. The molecule has 0 radical (unpaired) electrons. The summed E-state index contributed by atoms with van der Waals surface area (Å²) in [6.45, 7) is 1.62. The van der Waals surface area contributed by atoms with Crippen LogP contribution >= 0.6 is 0 Å². The zero-order valence-electron chi connectivity index (χ0n) is 19.9. The summed E-state index contributed by atoms with van der Waals surface area (Å²) in [5.74, 6) is -0.225. The molecule has 2 atom stereocenters. The molecule has 1 aliphatic carbocycles. The van der Waals surface area contributed by atoms with E-state index in [1.54, 1.807) is 18.4 Å². The number of fused-ring (bicyclic) bond motifs is 2. The predicted octanol–water partition coefficient (Wildman–Crippen LogP) is 4.05. The van der Waals surface area contributed by atoms with Crippen LogP contribution in [0.3, 0.4) is 0 Å². The van der Waals surface area contributed by atoms with Gasteiger partial charge in [-0.15, -0.1) is 0 Å². The van der Waals surface area contributed by atoms with Crippen LogP contribution in [0.15, 0.2) is 76.4 Å². The Morgan fingerprint density at radius 3 is 2.69 bits per heavy atom. The zero-order valence-corrected chi connectivity index (χ0v) is 19.9. The number of hydrazone groups is 1. The topological polar surface area (TPSA) is 95.2 Å². The van der Waals surface area contributed by atoms with Crippen LogP contribution in [0, 0.1) is 6.92 Å². The van der Waals surface area contributed by atoms with Crippen LogP contribution in [0.1, 0.15) is 53.3 Å². The van der Waals surface area contributed by atoms with Crippen molar-refractivity contribution < 1.29 is 18.8 Å². The molecule has 2 aromatic carbocycles. The molecule has 36 heavy (non-hydrogen) atoms. The molecule has 0 saturated carbocycles. The average molecular weight is 483 g/mol. The standard InChI is InChI=1S/C28H26N4O4/c1-18-10-12-20(13-11-18)22-16-23(24-9-5-15-36-24)32(30-22)25(33)17-31-26(34)28(29-27(31)35)14-4-7-19-6-2-3-8-21(19)28/h2-3,5-6,8-13,15,23H,4,7,14,16-17H2,1H3,(H,29,35)/t23-,28-/m0/s1. The van der Waals surface area contributed by atoms with Crippen LogP contribution in [-0.4, -0.2) is 40.0 Å². The van der Waals surface area contributed by atoms with Crippen molar-refractivity contribution in [2.24, 2.45) is 5.10 Å². The third-order valence-corrected chi connectivity index (χ3v) is 7.37. The summed E-state index contributed by atoms with van der Waals surface area (Å²) in [6.07, 6.45) is 4.17. The van der Waals surface area contributed by atoms with Crippen molar-refractivity contribution in [3.8, 4) is 0 Å². The minimum absolute atomic E-state index is 0.385. The molecule has 8 nitrogen and oxygen atoms in total. The molecule has 1 saturated heterocycles. The van der Waals surface area contributed by atoms with Crippen molar-refractivity contribution in [2.75, 3.05) is 6.54 Å². The Kier molecular flexibility index (Phi) is 5.25. The van der Waals surface area contributed by atoms with Crippen LogP contribution in [0.25, 0.3) is 0 Å². The van der Waals surface area contributed by atoms with Gasteiger partial charge in [0.25, 0.3) is 11.8 Å². The number of amides is 4. The lowest BCUT2D eigenvalue weighted by Crippen LogP contribution is -2.47. The summed E-state index contributed by atoms with van der Waals surface area (Å²) in [6, 6.07) is 18.2. The molecule has 1 N–H and O–H groups in total. The highest BCUT2D eigenvalue weighted by molar-refractivity contribution is 6.10. The number of carbonyl (C=O) groups excluding carboxylic acids is 3. The molecule has 182 valence electrons. The molecule has 1 aromatic heterocycles.